The lowest BCUT2D eigenvalue weighted by atomic mass is 10.1. The normalized spacial score (nSPS) is 34.8. The van der Waals surface area contributed by atoms with Gasteiger partial charge in [0, 0.05) is 13.1 Å². The summed E-state index contributed by atoms with van der Waals surface area (Å²) in [7, 11) is 0. The third-order valence-electron chi connectivity index (χ3n) is 1.65. The largest absolute Gasteiger partial charge is 0.367 e. The fourth-order valence-electron chi connectivity index (χ4n) is 0.884. The fourth-order valence-corrected chi connectivity index (χ4v) is 0.884. The van der Waals surface area contributed by atoms with Gasteiger partial charge in [0.1, 0.15) is 5.60 Å². The Morgan fingerprint density at radius 3 is 2.60 bits per heavy atom. The summed E-state index contributed by atoms with van der Waals surface area (Å²) >= 11 is 0. The lowest BCUT2D eigenvalue weighted by molar-refractivity contribution is -0.141. The molecule has 1 N–H and O–H groups in total. The summed E-state index contributed by atoms with van der Waals surface area (Å²) in [4.78, 5) is 0. The van der Waals surface area contributed by atoms with E-state index >= 15 is 0 Å². The van der Waals surface area contributed by atoms with Gasteiger partial charge in [-0.3, -0.25) is 0 Å². The van der Waals surface area contributed by atoms with Crippen LogP contribution in [0.4, 0.5) is 8.78 Å². The van der Waals surface area contributed by atoms with Gasteiger partial charge in [-0.05, 0) is 6.92 Å². The lowest BCUT2D eigenvalue weighted by Gasteiger charge is -2.33. The molecule has 0 aromatic carbocycles. The van der Waals surface area contributed by atoms with Gasteiger partial charge >= 0.3 is 0 Å². The van der Waals surface area contributed by atoms with Gasteiger partial charge in [0.05, 0.1) is 6.61 Å². The first-order chi connectivity index (χ1) is 4.65. The average Bonchev–Trinajstić information content (AvgIpc) is 1.89. The minimum atomic E-state index is -2.40. The Morgan fingerprint density at radius 1 is 1.60 bits per heavy atom. The molecule has 1 heterocycles. The van der Waals surface area contributed by atoms with Crippen molar-refractivity contribution in [2.75, 3.05) is 19.7 Å². The van der Waals surface area contributed by atoms with Crippen LogP contribution in [-0.4, -0.2) is 31.7 Å². The van der Waals surface area contributed by atoms with Gasteiger partial charge in [-0.25, -0.2) is 8.78 Å². The molecule has 1 rings (SSSR count). The quantitative estimate of drug-likeness (QED) is 0.593. The maximum absolute atomic E-state index is 12.1. The minimum absolute atomic E-state index is 0.241. The van der Waals surface area contributed by atoms with Crippen LogP contribution in [0.5, 0.6) is 0 Å². The van der Waals surface area contributed by atoms with Crippen molar-refractivity contribution in [1.29, 1.82) is 0 Å². The van der Waals surface area contributed by atoms with Crippen molar-refractivity contribution in [3.8, 4) is 0 Å². The number of rotatable bonds is 1. The average molecular weight is 151 g/mol. The highest BCUT2D eigenvalue weighted by Crippen LogP contribution is 2.20. The Hall–Kier alpha value is -0.220. The summed E-state index contributed by atoms with van der Waals surface area (Å²) in [5.74, 6) is 0. The van der Waals surface area contributed by atoms with Crippen LogP contribution >= 0.6 is 0 Å². The number of morpholine rings is 1. The number of hydrogen-bond donors (Lipinski definition) is 1. The van der Waals surface area contributed by atoms with E-state index in [1.54, 1.807) is 0 Å². The van der Waals surface area contributed by atoms with E-state index in [1.807, 2.05) is 0 Å². The van der Waals surface area contributed by atoms with E-state index in [0.29, 0.717) is 13.2 Å². The Morgan fingerprint density at radius 2 is 2.30 bits per heavy atom. The highest BCUT2D eigenvalue weighted by molar-refractivity contribution is 4.83. The molecule has 0 radical (unpaired) electrons. The summed E-state index contributed by atoms with van der Waals surface area (Å²) in [6.45, 7) is 2.71. The third-order valence-corrected chi connectivity index (χ3v) is 1.65. The maximum atomic E-state index is 12.1. The zero-order valence-electron chi connectivity index (χ0n) is 5.86. The predicted molar refractivity (Wildman–Crippen MR) is 33.2 cm³/mol. The molecule has 0 amide bonds. The molecule has 0 aromatic heterocycles. The second-order valence-electron chi connectivity index (χ2n) is 2.64. The van der Waals surface area contributed by atoms with Crippen molar-refractivity contribution in [3.05, 3.63) is 0 Å². The van der Waals surface area contributed by atoms with E-state index in [1.165, 1.54) is 6.92 Å². The number of nitrogens with one attached hydrogen (secondary N) is 1. The van der Waals surface area contributed by atoms with Crippen LogP contribution in [0, 0.1) is 0 Å². The van der Waals surface area contributed by atoms with E-state index < -0.39 is 12.0 Å². The van der Waals surface area contributed by atoms with Crippen LogP contribution in [0.2, 0.25) is 0 Å². The molecule has 0 bridgehead atoms. The number of ether oxygens (including phenoxy) is 1. The summed E-state index contributed by atoms with van der Waals surface area (Å²) in [6.07, 6.45) is -2.40. The first kappa shape index (κ1) is 7.88. The SMILES string of the molecule is C[C@@]1(C(F)F)CNCCO1. The number of alkyl halides is 2. The second-order valence-corrected chi connectivity index (χ2v) is 2.64. The Labute approximate surface area is 58.6 Å². The molecule has 0 saturated carbocycles. The van der Waals surface area contributed by atoms with Crippen molar-refractivity contribution in [2.24, 2.45) is 0 Å². The summed E-state index contributed by atoms with van der Waals surface area (Å²) in [5.41, 5.74) is -1.27. The van der Waals surface area contributed by atoms with Crippen molar-refractivity contribution < 1.29 is 13.5 Å². The second kappa shape index (κ2) is 2.80. The molecule has 10 heavy (non-hydrogen) atoms. The summed E-state index contributed by atoms with van der Waals surface area (Å²) < 4.78 is 29.2. The van der Waals surface area contributed by atoms with Crippen LogP contribution in [0.15, 0.2) is 0 Å². The van der Waals surface area contributed by atoms with Crippen LogP contribution in [0.1, 0.15) is 6.92 Å². The Kier molecular flexibility index (Phi) is 2.21. The molecule has 4 heteroatoms. The summed E-state index contributed by atoms with van der Waals surface area (Å²) in [6, 6.07) is 0. The zero-order valence-corrected chi connectivity index (χ0v) is 5.86. The zero-order chi connectivity index (χ0) is 7.61. The standard InChI is InChI=1S/C6H11F2NO/c1-6(5(7)8)4-9-2-3-10-6/h5,9H,2-4H2,1H3/t6-/m0/s1. The van der Waals surface area contributed by atoms with Gasteiger partial charge in [-0.15, -0.1) is 0 Å². The molecule has 1 aliphatic heterocycles. The Bertz CT molecular complexity index is 112. The van der Waals surface area contributed by atoms with Crippen molar-refractivity contribution >= 4 is 0 Å². The predicted octanol–water partition coefficient (Wildman–Crippen LogP) is 0.630. The molecule has 0 spiro atoms. The molecule has 0 aromatic rings. The summed E-state index contributed by atoms with van der Waals surface area (Å²) in [5, 5.41) is 2.85. The molecule has 1 atom stereocenters. The third kappa shape index (κ3) is 1.44. The molecule has 2 nitrogen and oxygen atoms in total. The van der Waals surface area contributed by atoms with Gasteiger partial charge in [0.2, 0.25) is 0 Å². The molecule has 1 fully saturated rings. The molecular formula is C6H11F2NO. The van der Waals surface area contributed by atoms with Crippen molar-refractivity contribution in [3.63, 3.8) is 0 Å². The first-order valence-electron chi connectivity index (χ1n) is 3.28. The van der Waals surface area contributed by atoms with E-state index in [2.05, 4.69) is 5.32 Å². The Balaban J connectivity index is 2.48. The van der Waals surface area contributed by atoms with Crippen LogP contribution in [0.3, 0.4) is 0 Å². The van der Waals surface area contributed by atoms with Crippen molar-refractivity contribution in [2.45, 2.75) is 19.0 Å². The van der Waals surface area contributed by atoms with E-state index in [9.17, 15) is 8.78 Å². The molecule has 1 aliphatic rings. The molecule has 0 aliphatic carbocycles. The number of hydrogen-bond acceptors (Lipinski definition) is 2. The van der Waals surface area contributed by atoms with Crippen LogP contribution in [0.25, 0.3) is 0 Å². The molecule has 1 saturated heterocycles. The first-order valence-corrected chi connectivity index (χ1v) is 3.28. The molecular weight excluding hydrogens is 140 g/mol. The van der Waals surface area contributed by atoms with Crippen LogP contribution in [-0.2, 0) is 4.74 Å². The monoisotopic (exact) mass is 151 g/mol. The minimum Gasteiger partial charge on any atom is -0.367 e. The maximum Gasteiger partial charge on any atom is 0.268 e. The van der Waals surface area contributed by atoms with E-state index in [-0.39, 0.29) is 6.54 Å². The van der Waals surface area contributed by atoms with Gasteiger partial charge < -0.3 is 10.1 Å². The van der Waals surface area contributed by atoms with E-state index in [0.717, 1.165) is 0 Å². The smallest absolute Gasteiger partial charge is 0.268 e. The molecule has 0 unspecified atom stereocenters. The highest BCUT2D eigenvalue weighted by atomic mass is 19.3. The molecule has 60 valence electrons. The van der Waals surface area contributed by atoms with Crippen molar-refractivity contribution in [1.82, 2.24) is 5.32 Å². The lowest BCUT2D eigenvalue weighted by Crippen LogP contribution is -2.52. The van der Waals surface area contributed by atoms with Crippen LogP contribution < -0.4 is 5.32 Å². The van der Waals surface area contributed by atoms with Gasteiger partial charge in [0.25, 0.3) is 6.43 Å². The van der Waals surface area contributed by atoms with Gasteiger partial charge in [0.15, 0.2) is 0 Å². The van der Waals surface area contributed by atoms with Gasteiger partial charge in [-0.2, -0.15) is 0 Å². The topological polar surface area (TPSA) is 21.3 Å². The highest BCUT2D eigenvalue weighted by Gasteiger charge is 2.37. The van der Waals surface area contributed by atoms with Gasteiger partial charge in [-0.1, -0.05) is 0 Å². The fraction of sp³-hybridized carbons (Fsp3) is 1.00. The number of halogens is 2. The van der Waals surface area contributed by atoms with E-state index in [4.69, 9.17) is 4.74 Å².